The number of likely N-dealkylation sites (N-methyl/N-ethyl adjacent to an activating group) is 1. The van der Waals surface area contributed by atoms with Gasteiger partial charge in [0, 0.05) is 17.6 Å². The van der Waals surface area contributed by atoms with E-state index in [0.29, 0.717) is 30.1 Å². The van der Waals surface area contributed by atoms with Crippen molar-refractivity contribution >= 4 is 29.9 Å². The molecule has 1 aromatic rings. The molecular formula is C16H25Cl2N3O. The molecule has 0 spiro atoms. The average molecular weight is 346 g/mol. The lowest BCUT2D eigenvalue weighted by atomic mass is 10.1. The van der Waals surface area contributed by atoms with Crippen molar-refractivity contribution in [3.8, 4) is 0 Å². The summed E-state index contributed by atoms with van der Waals surface area (Å²) < 4.78 is 0. The normalized spacial score (nSPS) is 16.8. The van der Waals surface area contributed by atoms with Gasteiger partial charge in [-0.25, -0.2) is 0 Å². The monoisotopic (exact) mass is 345 g/mol. The number of nitrogens with zero attached hydrogens (tertiary/aromatic N) is 1. The van der Waals surface area contributed by atoms with Gasteiger partial charge in [-0.1, -0.05) is 29.8 Å². The van der Waals surface area contributed by atoms with Gasteiger partial charge in [0.25, 0.3) is 0 Å². The Bertz CT molecular complexity index is 494. The third-order valence-corrected chi connectivity index (χ3v) is 4.46. The summed E-state index contributed by atoms with van der Waals surface area (Å²) in [4.78, 5) is 14.2. The molecule has 2 atom stereocenters. The highest BCUT2D eigenvalue weighted by Gasteiger charge is 2.33. The molecule has 0 aromatic heterocycles. The molecule has 0 heterocycles. The molecule has 1 amide bonds. The second-order valence-corrected chi connectivity index (χ2v) is 6.27. The molecule has 2 rings (SSSR count). The van der Waals surface area contributed by atoms with E-state index in [1.54, 1.807) is 0 Å². The van der Waals surface area contributed by atoms with E-state index in [-0.39, 0.29) is 24.4 Å². The maximum absolute atomic E-state index is 12.2. The van der Waals surface area contributed by atoms with Gasteiger partial charge in [-0.2, -0.15) is 0 Å². The molecule has 1 aliphatic rings. The summed E-state index contributed by atoms with van der Waals surface area (Å²) >= 11 is 6.15. The van der Waals surface area contributed by atoms with Gasteiger partial charge in [-0.05, 0) is 44.4 Å². The molecule has 1 saturated carbocycles. The standard InChI is InChI=1S/C16H24ClN3O.ClH/c1-11(13-5-3-4-6-14(13)17)19-16(21)10-20(2)15(9-18)12-7-8-12;/h3-6,11-12,15H,7-10,18H2,1-2H3,(H,19,21);1H. The van der Waals surface area contributed by atoms with Crippen molar-refractivity contribution in [1.82, 2.24) is 10.2 Å². The number of hydrogen-bond acceptors (Lipinski definition) is 3. The third-order valence-electron chi connectivity index (χ3n) is 4.12. The van der Waals surface area contributed by atoms with E-state index in [9.17, 15) is 4.79 Å². The molecule has 3 N–H and O–H groups in total. The number of amides is 1. The summed E-state index contributed by atoms with van der Waals surface area (Å²) in [7, 11) is 1.97. The zero-order valence-electron chi connectivity index (χ0n) is 13.1. The number of rotatable bonds is 7. The van der Waals surface area contributed by atoms with Crippen LogP contribution < -0.4 is 11.1 Å². The Balaban J connectivity index is 0.00000242. The topological polar surface area (TPSA) is 58.4 Å². The quantitative estimate of drug-likeness (QED) is 0.798. The predicted octanol–water partition coefficient (Wildman–Crippen LogP) is 2.61. The Morgan fingerprint density at radius 3 is 2.64 bits per heavy atom. The summed E-state index contributed by atoms with van der Waals surface area (Å²) in [6, 6.07) is 7.79. The summed E-state index contributed by atoms with van der Waals surface area (Å²) in [5.41, 5.74) is 6.75. The number of carbonyl (C=O) groups excluding carboxylic acids is 1. The van der Waals surface area contributed by atoms with E-state index in [4.69, 9.17) is 17.3 Å². The van der Waals surface area contributed by atoms with Crippen molar-refractivity contribution in [1.29, 1.82) is 0 Å². The first-order valence-corrected chi connectivity index (χ1v) is 7.84. The fourth-order valence-corrected chi connectivity index (χ4v) is 3.05. The first kappa shape index (κ1) is 19.2. The van der Waals surface area contributed by atoms with Crippen LogP contribution in [0.2, 0.25) is 5.02 Å². The minimum atomic E-state index is -0.100. The fraction of sp³-hybridized carbons (Fsp3) is 0.562. The maximum atomic E-state index is 12.2. The minimum Gasteiger partial charge on any atom is -0.348 e. The first-order chi connectivity index (χ1) is 10.0. The van der Waals surface area contributed by atoms with Gasteiger partial charge in [0.05, 0.1) is 12.6 Å². The molecule has 0 bridgehead atoms. The zero-order valence-corrected chi connectivity index (χ0v) is 14.7. The van der Waals surface area contributed by atoms with Crippen LogP contribution in [0.1, 0.15) is 31.4 Å². The number of carbonyl (C=O) groups is 1. The molecule has 1 fully saturated rings. The van der Waals surface area contributed by atoms with Crippen LogP contribution in [-0.4, -0.2) is 37.0 Å². The highest BCUT2D eigenvalue weighted by atomic mass is 35.5. The third kappa shape index (κ3) is 5.13. The largest absolute Gasteiger partial charge is 0.348 e. The van der Waals surface area contributed by atoms with Crippen molar-refractivity contribution in [3.63, 3.8) is 0 Å². The lowest BCUT2D eigenvalue weighted by molar-refractivity contribution is -0.123. The minimum absolute atomic E-state index is 0. The Hall–Kier alpha value is -0.810. The van der Waals surface area contributed by atoms with Crippen LogP contribution in [0.4, 0.5) is 0 Å². The van der Waals surface area contributed by atoms with Crippen LogP contribution in [0.15, 0.2) is 24.3 Å². The lowest BCUT2D eigenvalue weighted by Crippen LogP contribution is -2.45. The molecule has 0 saturated heterocycles. The second kappa shape index (κ2) is 8.73. The van der Waals surface area contributed by atoms with Gasteiger partial charge in [0.15, 0.2) is 0 Å². The van der Waals surface area contributed by atoms with E-state index in [0.717, 1.165) is 5.56 Å². The molecular weight excluding hydrogens is 321 g/mol. The number of halogens is 2. The molecule has 6 heteroatoms. The van der Waals surface area contributed by atoms with Crippen LogP contribution in [0.3, 0.4) is 0 Å². The van der Waals surface area contributed by atoms with Crippen molar-refractivity contribution in [2.75, 3.05) is 20.1 Å². The highest BCUT2D eigenvalue weighted by molar-refractivity contribution is 6.31. The lowest BCUT2D eigenvalue weighted by Gasteiger charge is -2.27. The maximum Gasteiger partial charge on any atom is 0.234 e. The highest BCUT2D eigenvalue weighted by Crippen LogP contribution is 2.34. The Morgan fingerprint density at radius 2 is 2.09 bits per heavy atom. The Labute approximate surface area is 143 Å². The number of hydrogen-bond donors (Lipinski definition) is 2. The number of nitrogens with two attached hydrogens (primary N) is 1. The van der Waals surface area contributed by atoms with E-state index < -0.39 is 0 Å². The van der Waals surface area contributed by atoms with Crippen LogP contribution in [-0.2, 0) is 4.79 Å². The van der Waals surface area contributed by atoms with Gasteiger partial charge >= 0.3 is 0 Å². The summed E-state index contributed by atoms with van der Waals surface area (Å²) in [5, 5.41) is 3.68. The molecule has 22 heavy (non-hydrogen) atoms. The van der Waals surface area contributed by atoms with Crippen molar-refractivity contribution in [2.45, 2.75) is 31.8 Å². The van der Waals surface area contributed by atoms with Crippen LogP contribution >= 0.6 is 24.0 Å². The summed E-state index contributed by atoms with van der Waals surface area (Å²) in [5.74, 6) is 0.665. The van der Waals surface area contributed by atoms with Crippen LogP contribution in [0.5, 0.6) is 0 Å². The van der Waals surface area contributed by atoms with Crippen molar-refractivity contribution in [3.05, 3.63) is 34.9 Å². The number of benzene rings is 1. The van der Waals surface area contributed by atoms with E-state index in [2.05, 4.69) is 10.2 Å². The van der Waals surface area contributed by atoms with Gasteiger partial charge < -0.3 is 11.1 Å². The van der Waals surface area contributed by atoms with Crippen LogP contribution in [0, 0.1) is 5.92 Å². The van der Waals surface area contributed by atoms with Gasteiger partial charge in [-0.15, -0.1) is 12.4 Å². The number of nitrogens with one attached hydrogen (secondary N) is 1. The average Bonchev–Trinajstić information content (AvgIpc) is 3.24. The van der Waals surface area contributed by atoms with E-state index in [1.807, 2.05) is 38.2 Å². The molecule has 1 aliphatic carbocycles. The fourth-order valence-electron chi connectivity index (χ4n) is 2.75. The van der Waals surface area contributed by atoms with Crippen molar-refractivity contribution in [2.24, 2.45) is 11.7 Å². The Morgan fingerprint density at radius 1 is 1.45 bits per heavy atom. The molecule has 4 nitrogen and oxygen atoms in total. The molecule has 2 unspecified atom stereocenters. The van der Waals surface area contributed by atoms with Gasteiger partial charge in [0.2, 0.25) is 5.91 Å². The van der Waals surface area contributed by atoms with Crippen molar-refractivity contribution < 1.29 is 4.79 Å². The van der Waals surface area contributed by atoms with E-state index in [1.165, 1.54) is 12.8 Å². The van der Waals surface area contributed by atoms with E-state index >= 15 is 0 Å². The molecule has 0 radical (unpaired) electrons. The summed E-state index contributed by atoms with van der Waals surface area (Å²) in [6.45, 7) is 2.92. The summed E-state index contributed by atoms with van der Waals surface area (Å²) in [6.07, 6.45) is 2.45. The zero-order chi connectivity index (χ0) is 15.4. The first-order valence-electron chi connectivity index (χ1n) is 7.47. The predicted molar refractivity (Wildman–Crippen MR) is 93.5 cm³/mol. The SMILES string of the molecule is CC(NC(=O)CN(C)C(CN)C1CC1)c1ccccc1Cl.Cl. The van der Waals surface area contributed by atoms with Crippen LogP contribution in [0.25, 0.3) is 0 Å². The molecule has 0 aliphatic heterocycles. The van der Waals surface area contributed by atoms with Gasteiger partial charge in [-0.3, -0.25) is 9.69 Å². The van der Waals surface area contributed by atoms with Gasteiger partial charge in [0.1, 0.15) is 0 Å². The Kier molecular flexibility index (Phi) is 7.63. The smallest absolute Gasteiger partial charge is 0.234 e. The second-order valence-electron chi connectivity index (χ2n) is 5.87. The molecule has 124 valence electrons. The molecule has 1 aromatic carbocycles.